The number of nitrogens with zero attached hydrogens (tertiary/aromatic N) is 4. The Bertz CT molecular complexity index is 865. The standard InChI is InChI=1S/C17H13FN4O/c1-23-15-4-2-3-13(9-15)17-16(10-19)20-21-22(17)11-12-5-7-14(18)8-6-12/h2-9H,11H2,1H3. The predicted octanol–water partition coefficient (Wildman–Crippen LogP) is 3.01. The molecule has 0 saturated carbocycles. The number of hydrogen-bond donors (Lipinski definition) is 0. The van der Waals surface area contributed by atoms with Crippen LogP contribution in [0, 0.1) is 17.1 Å². The van der Waals surface area contributed by atoms with Crippen molar-refractivity contribution in [1.29, 1.82) is 5.26 Å². The lowest BCUT2D eigenvalue weighted by atomic mass is 10.1. The fourth-order valence-corrected chi connectivity index (χ4v) is 2.32. The molecule has 2 aromatic carbocycles. The first-order valence-corrected chi connectivity index (χ1v) is 6.93. The van der Waals surface area contributed by atoms with Crippen LogP contribution in [0.3, 0.4) is 0 Å². The highest BCUT2D eigenvalue weighted by atomic mass is 19.1. The Labute approximate surface area is 132 Å². The Morgan fingerprint density at radius 3 is 2.70 bits per heavy atom. The molecule has 0 unspecified atom stereocenters. The first-order chi connectivity index (χ1) is 11.2. The van der Waals surface area contributed by atoms with Gasteiger partial charge in [0.1, 0.15) is 23.3 Å². The molecule has 0 radical (unpaired) electrons. The van der Waals surface area contributed by atoms with Crippen molar-refractivity contribution in [2.24, 2.45) is 0 Å². The molecule has 1 heterocycles. The molecular weight excluding hydrogens is 295 g/mol. The molecule has 0 aliphatic rings. The minimum Gasteiger partial charge on any atom is -0.497 e. The average Bonchev–Trinajstić information content (AvgIpc) is 2.99. The van der Waals surface area contributed by atoms with Crippen LogP contribution in [0.15, 0.2) is 48.5 Å². The molecule has 0 aliphatic carbocycles. The molecule has 0 bridgehead atoms. The highest BCUT2D eigenvalue weighted by Crippen LogP contribution is 2.26. The summed E-state index contributed by atoms with van der Waals surface area (Å²) in [6.07, 6.45) is 0. The van der Waals surface area contributed by atoms with E-state index >= 15 is 0 Å². The summed E-state index contributed by atoms with van der Waals surface area (Å²) in [5.41, 5.74) is 2.49. The summed E-state index contributed by atoms with van der Waals surface area (Å²) in [6.45, 7) is 0.390. The zero-order chi connectivity index (χ0) is 16.2. The molecule has 6 heteroatoms. The fraction of sp³-hybridized carbons (Fsp3) is 0.118. The van der Waals surface area contributed by atoms with Gasteiger partial charge in [-0.25, -0.2) is 9.07 Å². The Hall–Kier alpha value is -3.20. The number of halogens is 1. The summed E-state index contributed by atoms with van der Waals surface area (Å²) in [7, 11) is 1.58. The lowest BCUT2D eigenvalue weighted by Crippen LogP contribution is -2.04. The second kappa shape index (κ2) is 6.28. The maximum absolute atomic E-state index is 13.0. The van der Waals surface area contributed by atoms with E-state index in [2.05, 4.69) is 16.4 Å². The number of benzene rings is 2. The van der Waals surface area contributed by atoms with Gasteiger partial charge in [-0.3, -0.25) is 0 Å². The van der Waals surface area contributed by atoms with Gasteiger partial charge in [-0.1, -0.05) is 29.5 Å². The molecule has 0 spiro atoms. The largest absolute Gasteiger partial charge is 0.497 e. The molecule has 3 rings (SSSR count). The van der Waals surface area contributed by atoms with Crippen LogP contribution in [0.25, 0.3) is 11.3 Å². The quantitative estimate of drug-likeness (QED) is 0.743. The molecule has 3 aromatic rings. The number of aromatic nitrogens is 3. The number of methoxy groups -OCH3 is 1. The van der Waals surface area contributed by atoms with Crippen molar-refractivity contribution in [1.82, 2.24) is 15.0 Å². The highest BCUT2D eigenvalue weighted by molar-refractivity contribution is 5.66. The van der Waals surface area contributed by atoms with Crippen LogP contribution < -0.4 is 4.74 Å². The summed E-state index contributed by atoms with van der Waals surface area (Å²) in [4.78, 5) is 0. The predicted molar refractivity (Wildman–Crippen MR) is 82.2 cm³/mol. The van der Waals surface area contributed by atoms with Crippen molar-refractivity contribution in [2.75, 3.05) is 7.11 Å². The third-order valence-corrected chi connectivity index (χ3v) is 3.43. The van der Waals surface area contributed by atoms with Crippen LogP contribution in [-0.2, 0) is 6.54 Å². The van der Waals surface area contributed by atoms with Crippen LogP contribution >= 0.6 is 0 Å². The number of nitriles is 1. The summed E-state index contributed by atoms with van der Waals surface area (Å²) in [6, 6.07) is 15.5. The number of ether oxygens (including phenoxy) is 1. The fourth-order valence-electron chi connectivity index (χ4n) is 2.32. The first-order valence-electron chi connectivity index (χ1n) is 6.93. The Morgan fingerprint density at radius 1 is 1.22 bits per heavy atom. The monoisotopic (exact) mass is 308 g/mol. The molecule has 0 N–H and O–H groups in total. The van der Waals surface area contributed by atoms with Gasteiger partial charge in [-0.05, 0) is 29.8 Å². The summed E-state index contributed by atoms with van der Waals surface area (Å²) >= 11 is 0. The number of hydrogen-bond acceptors (Lipinski definition) is 4. The van der Waals surface area contributed by atoms with Gasteiger partial charge < -0.3 is 4.74 Å². The summed E-state index contributed by atoms with van der Waals surface area (Å²) in [5, 5.41) is 17.2. The van der Waals surface area contributed by atoms with Crippen molar-refractivity contribution in [3.8, 4) is 23.1 Å². The lowest BCUT2D eigenvalue weighted by molar-refractivity contribution is 0.415. The zero-order valence-corrected chi connectivity index (χ0v) is 12.4. The van der Waals surface area contributed by atoms with Crippen LogP contribution in [-0.4, -0.2) is 22.1 Å². The Kier molecular flexibility index (Phi) is 4.02. The second-order valence-corrected chi connectivity index (χ2v) is 4.91. The normalized spacial score (nSPS) is 10.3. The molecule has 1 aromatic heterocycles. The van der Waals surface area contributed by atoms with Crippen molar-refractivity contribution in [3.05, 3.63) is 65.6 Å². The topological polar surface area (TPSA) is 63.7 Å². The van der Waals surface area contributed by atoms with Gasteiger partial charge in [-0.2, -0.15) is 5.26 Å². The minimum absolute atomic E-state index is 0.236. The first kappa shape index (κ1) is 14.7. The van der Waals surface area contributed by atoms with E-state index in [4.69, 9.17) is 4.74 Å². The second-order valence-electron chi connectivity index (χ2n) is 4.91. The third kappa shape index (κ3) is 3.04. The van der Waals surface area contributed by atoms with E-state index in [0.29, 0.717) is 18.0 Å². The molecular formula is C17H13FN4O. The molecule has 114 valence electrons. The third-order valence-electron chi connectivity index (χ3n) is 3.43. The maximum atomic E-state index is 13.0. The van der Waals surface area contributed by atoms with Crippen LogP contribution in [0.1, 0.15) is 11.3 Å². The van der Waals surface area contributed by atoms with Crippen LogP contribution in [0.5, 0.6) is 5.75 Å². The molecule has 23 heavy (non-hydrogen) atoms. The van der Waals surface area contributed by atoms with Crippen molar-refractivity contribution >= 4 is 0 Å². The SMILES string of the molecule is COc1cccc(-c2c(C#N)nnn2Cc2ccc(F)cc2)c1. The average molecular weight is 308 g/mol. The molecule has 0 fully saturated rings. The number of rotatable bonds is 4. The zero-order valence-electron chi connectivity index (χ0n) is 12.4. The van der Waals surface area contributed by atoms with Crippen molar-refractivity contribution in [3.63, 3.8) is 0 Å². The van der Waals surface area contributed by atoms with Gasteiger partial charge in [0, 0.05) is 5.56 Å². The Morgan fingerprint density at radius 2 is 2.00 bits per heavy atom. The van der Waals surface area contributed by atoms with Gasteiger partial charge in [0.05, 0.1) is 13.7 Å². The van der Waals surface area contributed by atoms with E-state index in [1.54, 1.807) is 23.9 Å². The van der Waals surface area contributed by atoms with Gasteiger partial charge in [-0.15, -0.1) is 5.10 Å². The Balaban J connectivity index is 2.03. The summed E-state index contributed by atoms with van der Waals surface area (Å²) in [5.74, 6) is 0.388. The smallest absolute Gasteiger partial charge is 0.190 e. The van der Waals surface area contributed by atoms with Crippen LogP contribution in [0.4, 0.5) is 4.39 Å². The molecule has 0 saturated heterocycles. The molecule has 0 atom stereocenters. The van der Waals surface area contributed by atoms with Gasteiger partial charge >= 0.3 is 0 Å². The summed E-state index contributed by atoms with van der Waals surface area (Å²) < 4.78 is 19.9. The van der Waals surface area contributed by atoms with Crippen molar-refractivity contribution in [2.45, 2.75) is 6.54 Å². The van der Waals surface area contributed by atoms with E-state index in [9.17, 15) is 9.65 Å². The van der Waals surface area contributed by atoms with E-state index in [-0.39, 0.29) is 11.5 Å². The maximum Gasteiger partial charge on any atom is 0.190 e. The molecule has 5 nitrogen and oxygen atoms in total. The van der Waals surface area contributed by atoms with E-state index in [1.807, 2.05) is 24.3 Å². The highest BCUT2D eigenvalue weighted by Gasteiger charge is 2.15. The van der Waals surface area contributed by atoms with Crippen molar-refractivity contribution < 1.29 is 9.13 Å². The lowest BCUT2D eigenvalue weighted by Gasteiger charge is -2.08. The van der Waals surface area contributed by atoms with E-state index in [0.717, 1.165) is 11.1 Å². The van der Waals surface area contributed by atoms with E-state index < -0.39 is 0 Å². The molecule has 0 aliphatic heterocycles. The van der Waals surface area contributed by atoms with E-state index in [1.165, 1.54) is 12.1 Å². The van der Waals surface area contributed by atoms with Crippen LogP contribution in [0.2, 0.25) is 0 Å². The molecule has 0 amide bonds. The van der Waals surface area contributed by atoms with Gasteiger partial charge in [0.2, 0.25) is 0 Å². The minimum atomic E-state index is -0.293. The van der Waals surface area contributed by atoms with Gasteiger partial charge in [0.15, 0.2) is 5.69 Å². The van der Waals surface area contributed by atoms with Gasteiger partial charge in [0.25, 0.3) is 0 Å².